The Kier molecular flexibility index (Phi) is 3.62. The van der Waals surface area contributed by atoms with E-state index in [0.29, 0.717) is 11.4 Å². The molecule has 3 nitrogen and oxygen atoms in total. The lowest BCUT2D eigenvalue weighted by Crippen LogP contribution is -2.14. The lowest BCUT2D eigenvalue weighted by atomic mass is 9.87. The number of hydrogen-bond acceptors (Lipinski definition) is 2. The molecule has 1 unspecified atom stereocenters. The van der Waals surface area contributed by atoms with Crippen LogP contribution >= 0.6 is 0 Å². The molecule has 0 N–H and O–H groups in total. The summed E-state index contributed by atoms with van der Waals surface area (Å²) in [6.45, 7) is 6.92. The van der Waals surface area contributed by atoms with Crippen molar-refractivity contribution in [2.45, 2.75) is 37.1 Å². The molecule has 22 heavy (non-hydrogen) atoms. The predicted octanol–water partition coefficient (Wildman–Crippen LogP) is 3.73. The molecule has 0 aliphatic carbocycles. The second-order valence-corrected chi connectivity index (χ2v) is 8.67. The SMILES string of the molecule is CC(C)(C)c1ccc(S(=O)(=O)N2C[C@H]2c2ccccc2)cc1. The molecule has 1 heterocycles. The van der Waals surface area contributed by atoms with Gasteiger partial charge in [0.25, 0.3) is 0 Å². The van der Waals surface area contributed by atoms with E-state index in [4.69, 9.17) is 0 Å². The van der Waals surface area contributed by atoms with Gasteiger partial charge in [-0.1, -0.05) is 63.2 Å². The van der Waals surface area contributed by atoms with Crippen molar-refractivity contribution in [2.75, 3.05) is 6.54 Å². The summed E-state index contributed by atoms with van der Waals surface area (Å²) in [5, 5.41) is 0. The first-order valence-electron chi connectivity index (χ1n) is 7.47. The van der Waals surface area contributed by atoms with Gasteiger partial charge < -0.3 is 0 Å². The number of nitrogens with zero attached hydrogens (tertiary/aromatic N) is 1. The Morgan fingerprint density at radius 1 is 0.955 bits per heavy atom. The minimum atomic E-state index is -3.39. The lowest BCUT2D eigenvalue weighted by molar-refractivity contribution is 0.553. The highest BCUT2D eigenvalue weighted by Gasteiger charge is 2.45. The van der Waals surface area contributed by atoms with Crippen LogP contribution < -0.4 is 0 Å². The molecule has 0 spiro atoms. The van der Waals surface area contributed by atoms with Crippen LogP contribution in [0.2, 0.25) is 0 Å². The Morgan fingerprint density at radius 2 is 1.55 bits per heavy atom. The fraction of sp³-hybridized carbons (Fsp3) is 0.333. The largest absolute Gasteiger partial charge is 0.243 e. The van der Waals surface area contributed by atoms with Gasteiger partial charge in [-0.25, -0.2) is 8.42 Å². The molecule has 0 bridgehead atoms. The number of hydrogen-bond donors (Lipinski definition) is 0. The van der Waals surface area contributed by atoms with Crippen LogP contribution in [0.4, 0.5) is 0 Å². The molecule has 1 saturated heterocycles. The summed E-state index contributed by atoms with van der Waals surface area (Å²) in [7, 11) is -3.39. The van der Waals surface area contributed by atoms with E-state index in [-0.39, 0.29) is 11.5 Å². The molecule has 4 heteroatoms. The predicted molar refractivity (Wildman–Crippen MR) is 88.2 cm³/mol. The van der Waals surface area contributed by atoms with E-state index < -0.39 is 10.0 Å². The van der Waals surface area contributed by atoms with E-state index in [1.807, 2.05) is 42.5 Å². The van der Waals surface area contributed by atoms with Crippen LogP contribution in [0.5, 0.6) is 0 Å². The average Bonchev–Trinajstić information content (AvgIpc) is 3.29. The Hall–Kier alpha value is -1.65. The van der Waals surface area contributed by atoms with E-state index in [1.54, 1.807) is 16.4 Å². The maximum absolute atomic E-state index is 12.7. The molecule has 2 atom stereocenters. The Balaban J connectivity index is 1.83. The summed E-state index contributed by atoms with van der Waals surface area (Å²) < 4.78 is 26.9. The smallest absolute Gasteiger partial charge is 0.207 e. The van der Waals surface area contributed by atoms with Crippen LogP contribution in [-0.2, 0) is 15.4 Å². The first-order chi connectivity index (χ1) is 10.3. The van der Waals surface area contributed by atoms with Gasteiger partial charge >= 0.3 is 0 Å². The zero-order valence-electron chi connectivity index (χ0n) is 13.2. The van der Waals surface area contributed by atoms with Crippen molar-refractivity contribution >= 4 is 10.0 Å². The maximum atomic E-state index is 12.7. The molecule has 3 rings (SSSR count). The summed E-state index contributed by atoms with van der Waals surface area (Å²) in [5.41, 5.74) is 2.21. The van der Waals surface area contributed by atoms with E-state index in [1.165, 1.54) is 0 Å². The minimum absolute atomic E-state index is 0.0199. The first kappa shape index (κ1) is 15.3. The van der Waals surface area contributed by atoms with Crippen molar-refractivity contribution in [1.82, 2.24) is 4.31 Å². The van der Waals surface area contributed by atoms with Crippen LogP contribution in [0.3, 0.4) is 0 Å². The highest BCUT2D eigenvalue weighted by atomic mass is 32.2. The highest BCUT2D eigenvalue weighted by Crippen LogP contribution is 2.40. The van der Waals surface area contributed by atoms with Crippen LogP contribution in [0.1, 0.15) is 37.9 Å². The third kappa shape index (κ3) is 2.81. The van der Waals surface area contributed by atoms with Gasteiger partial charge in [-0.15, -0.1) is 0 Å². The molecule has 1 aliphatic heterocycles. The fourth-order valence-electron chi connectivity index (χ4n) is 2.60. The van der Waals surface area contributed by atoms with E-state index in [9.17, 15) is 8.42 Å². The van der Waals surface area contributed by atoms with Gasteiger partial charge in [0.1, 0.15) is 0 Å². The maximum Gasteiger partial charge on any atom is 0.243 e. The molecule has 2 aromatic carbocycles. The van der Waals surface area contributed by atoms with Crippen LogP contribution in [0.25, 0.3) is 0 Å². The Labute approximate surface area is 132 Å². The van der Waals surface area contributed by atoms with Crippen molar-refractivity contribution < 1.29 is 8.42 Å². The van der Waals surface area contributed by atoms with Gasteiger partial charge in [0, 0.05) is 6.54 Å². The zero-order valence-corrected chi connectivity index (χ0v) is 14.0. The molecule has 2 aromatic rings. The zero-order chi connectivity index (χ0) is 16.0. The summed E-state index contributed by atoms with van der Waals surface area (Å²) in [5.74, 6) is 0. The standard InChI is InChI=1S/C18H21NO2S/c1-18(2,3)15-9-11-16(12-10-15)22(20,21)19-13-17(19)14-7-5-4-6-8-14/h4-12,17H,13H2,1-3H3/t17-,19?/m0/s1. The van der Waals surface area contributed by atoms with E-state index in [0.717, 1.165) is 11.1 Å². The lowest BCUT2D eigenvalue weighted by Gasteiger charge is -2.19. The molecule has 0 saturated carbocycles. The van der Waals surface area contributed by atoms with E-state index >= 15 is 0 Å². The molecule has 0 aromatic heterocycles. The third-order valence-corrected chi connectivity index (χ3v) is 5.97. The summed E-state index contributed by atoms with van der Waals surface area (Å²) in [4.78, 5) is 0.374. The molecule has 1 fully saturated rings. The second kappa shape index (κ2) is 5.21. The monoisotopic (exact) mass is 315 g/mol. The Morgan fingerprint density at radius 3 is 2.09 bits per heavy atom. The number of benzene rings is 2. The van der Waals surface area contributed by atoms with Crippen molar-refractivity contribution in [3.8, 4) is 0 Å². The highest BCUT2D eigenvalue weighted by molar-refractivity contribution is 7.89. The summed E-state index contributed by atoms with van der Waals surface area (Å²) in [6, 6.07) is 17.0. The molecule has 0 amide bonds. The third-order valence-electron chi connectivity index (χ3n) is 4.08. The van der Waals surface area contributed by atoms with E-state index in [2.05, 4.69) is 20.8 Å². The minimum Gasteiger partial charge on any atom is -0.207 e. The summed E-state index contributed by atoms with van der Waals surface area (Å²) in [6.07, 6.45) is 0. The van der Waals surface area contributed by atoms with Gasteiger partial charge in [-0.3, -0.25) is 0 Å². The molecule has 1 aliphatic rings. The fourth-order valence-corrected chi connectivity index (χ4v) is 4.14. The molecule has 116 valence electrons. The first-order valence-corrected chi connectivity index (χ1v) is 8.91. The summed E-state index contributed by atoms with van der Waals surface area (Å²) >= 11 is 0. The van der Waals surface area contributed by atoms with Crippen molar-refractivity contribution in [2.24, 2.45) is 0 Å². The normalized spacial score (nSPS) is 21.6. The molecular weight excluding hydrogens is 294 g/mol. The topological polar surface area (TPSA) is 37.1 Å². The van der Waals surface area contributed by atoms with Gasteiger partial charge in [-0.05, 0) is 28.7 Å². The van der Waals surface area contributed by atoms with Gasteiger partial charge in [0.15, 0.2) is 0 Å². The van der Waals surface area contributed by atoms with Crippen LogP contribution in [0.15, 0.2) is 59.5 Å². The average molecular weight is 315 g/mol. The van der Waals surface area contributed by atoms with Crippen molar-refractivity contribution in [3.05, 3.63) is 65.7 Å². The second-order valence-electron chi connectivity index (χ2n) is 6.78. The van der Waals surface area contributed by atoms with Gasteiger partial charge in [0.05, 0.1) is 10.9 Å². The van der Waals surface area contributed by atoms with Gasteiger partial charge in [-0.2, -0.15) is 4.31 Å². The van der Waals surface area contributed by atoms with Crippen molar-refractivity contribution in [3.63, 3.8) is 0 Å². The number of sulfonamides is 1. The van der Waals surface area contributed by atoms with Crippen LogP contribution in [0, 0.1) is 0 Å². The molecule has 0 radical (unpaired) electrons. The molecular formula is C18H21NO2S. The van der Waals surface area contributed by atoms with Crippen LogP contribution in [-0.4, -0.2) is 19.3 Å². The quantitative estimate of drug-likeness (QED) is 0.809. The van der Waals surface area contributed by atoms with Crippen molar-refractivity contribution in [1.29, 1.82) is 0 Å². The van der Waals surface area contributed by atoms with Gasteiger partial charge in [0.2, 0.25) is 10.0 Å². The Bertz CT molecular complexity index is 759. The number of rotatable bonds is 3.